The highest BCUT2D eigenvalue weighted by atomic mass is 32.2. The molecule has 3 aromatic carbocycles. The molecule has 31 heavy (non-hydrogen) atoms. The van der Waals surface area contributed by atoms with E-state index >= 15 is 0 Å². The molecule has 0 aromatic heterocycles. The molecule has 0 bridgehead atoms. The zero-order valence-electron chi connectivity index (χ0n) is 16.7. The van der Waals surface area contributed by atoms with Crippen molar-refractivity contribution in [3.63, 3.8) is 0 Å². The second kappa shape index (κ2) is 8.23. The first-order valence-electron chi connectivity index (χ1n) is 9.60. The van der Waals surface area contributed by atoms with Crippen LogP contribution in [0.1, 0.15) is 26.3 Å². The van der Waals surface area contributed by atoms with Gasteiger partial charge in [0.25, 0.3) is 15.9 Å². The van der Waals surface area contributed by atoms with E-state index in [1.807, 2.05) is 18.2 Å². The van der Waals surface area contributed by atoms with Crippen LogP contribution in [0.15, 0.2) is 77.7 Å². The van der Waals surface area contributed by atoms with Gasteiger partial charge in [0.15, 0.2) is 0 Å². The monoisotopic (exact) mass is 436 g/mol. The van der Waals surface area contributed by atoms with E-state index in [2.05, 4.69) is 9.46 Å². The summed E-state index contributed by atoms with van der Waals surface area (Å²) in [5.41, 5.74) is 2.76. The lowest BCUT2D eigenvalue weighted by Crippen LogP contribution is -2.28. The Morgan fingerprint density at radius 3 is 2.32 bits per heavy atom. The molecule has 8 heteroatoms. The summed E-state index contributed by atoms with van der Waals surface area (Å²) in [4.78, 5) is 26.1. The number of benzene rings is 3. The Hall–Kier alpha value is -3.65. The van der Waals surface area contributed by atoms with Crippen LogP contribution in [0.25, 0.3) is 0 Å². The van der Waals surface area contributed by atoms with E-state index in [4.69, 9.17) is 0 Å². The number of hydrogen-bond donors (Lipinski definition) is 1. The van der Waals surface area contributed by atoms with Gasteiger partial charge in [0, 0.05) is 23.5 Å². The van der Waals surface area contributed by atoms with E-state index < -0.39 is 16.0 Å². The predicted molar refractivity (Wildman–Crippen MR) is 117 cm³/mol. The molecule has 3 aromatic rings. The molecule has 0 atom stereocenters. The Morgan fingerprint density at radius 1 is 0.935 bits per heavy atom. The fourth-order valence-corrected chi connectivity index (χ4v) is 4.61. The zero-order chi connectivity index (χ0) is 22.0. The minimum absolute atomic E-state index is 0.109. The number of nitrogens with zero attached hydrogens (tertiary/aromatic N) is 1. The first-order chi connectivity index (χ1) is 14.9. The van der Waals surface area contributed by atoms with Crippen LogP contribution in [0, 0.1) is 0 Å². The predicted octanol–water partition coefficient (Wildman–Crippen LogP) is 3.48. The van der Waals surface area contributed by atoms with Crippen LogP contribution in [-0.4, -0.2) is 33.9 Å². The molecule has 1 aliphatic heterocycles. The minimum atomic E-state index is -3.83. The second-order valence-corrected chi connectivity index (χ2v) is 8.72. The minimum Gasteiger partial charge on any atom is -0.465 e. The van der Waals surface area contributed by atoms with E-state index in [-0.39, 0.29) is 10.8 Å². The molecule has 0 spiro atoms. The largest absolute Gasteiger partial charge is 0.465 e. The van der Waals surface area contributed by atoms with Crippen molar-refractivity contribution in [1.29, 1.82) is 0 Å². The molecule has 1 heterocycles. The zero-order valence-corrected chi connectivity index (χ0v) is 17.6. The molecule has 7 nitrogen and oxygen atoms in total. The van der Waals surface area contributed by atoms with Crippen LogP contribution in [-0.2, 0) is 21.2 Å². The first kappa shape index (κ1) is 20.6. The van der Waals surface area contributed by atoms with Crippen molar-refractivity contribution in [3.05, 3.63) is 89.5 Å². The molecule has 1 aliphatic rings. The maximum atomic E-state index is 12.8. The molecule has 0 fully saturated rings. The number of nitrogens with one attached hydrogen (secondary N) is 1. The number of carbonyl (C=O) groups excluding carboxylic acids is 2. The van der Waals surface area contributed by atoms with Gasteiger partial charge in [-0.1, -0.05) is 18.2 Å². The summed E-state index contributed by atoms with van der Waals surface area (Å²) in [5.74, 6) is -0.610. The molecule has 1 N–H and O–H groups in total. The molecule has 0 saturated heterocycles. The average Bonchev–Trinajstić information content (AvgIpc) is 3.22. The number of ether oxygens (including phenoxy) is 1. The summed E-state index contributed by atoms with van der Waals surface area (Å²) in [6, 6.07) is 19.7. The van der Waals surface area contributed by atoms with E-state index in [1.54, 1.807) is 29.2 Å². The van der Waals surface area contributed by atoms with Crippen molar-refractivity contribution in [2.45, 2.75) is 11.3 Å². The molecule has 158 valence electrons. The van der Waals surface area contributed by atoms with E-state index in [0.29, 0.717) is 29.8 Å². The van der Waals surface area contributed by atoms with Gasteiger partial charge >= 0.3 is 5.97 Å². The van der Waals surface area contributed by atoms with Gasteiger partial charge in [-0.05, 0) is 66.6 Å². The number of carbonyl (C=O) groups is 2. The standard InChI is InChI=1S/C23H20N2O5S/c1-30-23(27)17-7-9-19(10-8-17)24-31(28,29)20-11-12-21-18(15-20)13-14-25(21)22(26)16-5-3-2-4-6-16/h2-12,15,24H,13-14H2,1H3. The van der Waals surface area contributed by atoms with Crippen molar-refractivity contribution in [2.75, 3.05) is 23.3 Å². The average molecular weight is 436 g/mol. The summed E-state index contributed by atoms with van der Waals surface area (Å²) < 4.78 is 32.8. The molecule has 0 saturated carbocycles. The number of methoxy groups -OCH3 is 1. The third-order valence-electron chi connectivity index (χ3n) is 5.08. The number of esters is 1. The number of anilines is 2. The number of fused-ring (bicyclic) bond motifs is 1. The van der Waals surface area contributed by atoms with Gasteiger partial charge in [-0.3, -0.25) is 9.52 Å². The van der Waals surface area contributed by atoms with Crippen LogP contribution >= 0.6 is 0 Å². The number of sulfonamides is 1. The molecular formula is C23H20N2O5S. The summed E-state index contributed by atoms with van der Waals surface area (Å²) in [7, 11) is -2.55. The van der Waals surface area contributed by atoms with Gasteiger partial charge in [-0.2, -0.15) is 0 Å². The Labute approximate surface area is 180 Å². The highest BCUT2D eigenvalue weighted by molar-refractivity contribution is 7.92. The van der Waals surface area contributed by atoms with Crippen molar-refractivity contribution in [3.8, 4) is 0 Å². The number of hydrogen-bond acceptors (Lipinski definition) is 5. The van der Waals surface area contributed by atoms with E-state index in [1.165, 1.54) is 37.4 Å². The molecule has 0 unspecified atom stereocenters. The Balaban J connectivity index is 1.55. The molecule has 0 aliphatic carbocycles. The fraction of sp³-hybridized carbons (Fsp3) is 0.130. The summed E-state index contributed by atoms with van der Waals surface area (Å²) in [5, 5.41) is 0. The Bertz CT molecular complexity index is 1240. The Morgan fingerprint density at radius 2 is 1.65 bits per heavy atom. The molecule has 0 radical (unpaired) electrons. The van der Waals surface area contributed by atoms with E-state index in [0.717, 1.165) is 11.3 Å². The molecule has 4 rings (SSSR count). The Kier molecular flexibility index (Phi) is 5.48. The maximum absolute atomic E-state index is 12.8. The van der Waals surface area contributed by atoms with Gasteiger partial charge in [-0.15, -0.1) is 0 Å². The lowest BCUT2D eigenvalue weighted by Gasteiger charge is -2.18. The summed E-state index contributed by atoms with van der Waals surface area (Å²) in [6.45, 7) is 0.495. The lowest BCUT2D eigenvalue weighted by molar-refractivity contribution is 0.0600. The topological polar surface area (TPSA) is 92.8 Å². The van der Waals surface area contributed by atoms with Crippen LogP contribution in [0.3, 0.4) is 0 Å². The van der Waals surface area contributed by atoms with Crippen LogP contribution in [0.2, 0.25) is 0 Å². The van der Waals surface area contributed by atoms with Gasteiger partial charge in [0.1, 0.15) is 0 Å². The highest BCUT2D eigenvalue weighted by Crippen LogP contribution is 2.32. The van der Waals surface area contributed by atoms with Crippen LogP contribution < -0.4 is 9.62 Å². The normalized spacial score (nSPS) is 12.9. The van der Waals surface area contributed by atoms with Crippen molar-refractivity contribution in [2.24, 2.45) is 0 Å². The molecule has 1 amide bonds. The number of amides is 1. The maximum Gasteiger partial charge on any atom is 0.337 e. The third kappa shape index (κ3) is 4.15. The fourth-order valence-electron chi connectivity index (χ4n) is 3.50. The smallest absolute Gasteiger partial charge is 0.337 e. The molecular weight excluding hydrogens is 416 g/mol. The highest BCUT2D eigenvalue weighted by Gasteiger charge is 2.27. The lowest BCUT2D eigenvalue weighted by atomic mass is 10.1. The van der Waals surface area contributed by atoms with Crippen LogP contribution in [0.5, 0.6) is 0 Å². The quantitative estimate of drug-likeness (QED) is 0.618. The number of rotatable bonds is 5. The SMILES string of the molecule is COC(=O)c1ccc(NS(=O)(=O)c2ccc3c(c2)CCN3C(=O)c2ccccc2)cc1. The van der Waals surface area contributed by atoms with Gasteiger partial charge < -0.3 is 9.64 Å². The van der Waals surface area contributed by atoms with Crippen molar-refractivity contribution in [1.82, 2.24) is 0 Å². The van der Waals surface area contributed by atoms with Crippen LogP contribution in [0.4, 0.5) is 11.4 Å². The van der Waals surface area contributed by atoms with E-state index in [9.17, 15) is 18.0 Å². The summed E-state index contributed by atoms with van der Waals surface area (Å²) >= 11 is 0. The van der Waals surface area contributed by atoms with Gasteiger partial charge in [0.2, 0.25) is 0 Å². The van der Waals surface area contributed by atoms with Crippen molar-refractivity contribution >= 4 is 33.3 Å². The first-order valence-corrected chi connectivity index (χ1v) is 11.1. The summed E-state index contributed by atoms with van der Waals surface area (Å²) in [6.07, 6.45) is 0.574. The van der Waals surface area contributed by atoms with Crippen molar-refractivity contribution < 1.29 is 22.7 Å². The third-order valence-corrected chi connectivity index (χ3v) is 6.46. The second-order valence-electron chi connectivity index (χ2n) is 7.04. The van der Waals surface area contributed by atoms with Gasteiger partial charge in [0.05, 0.1) is 17.6 Å². The van der Waals surface area contributed by atoms with Gasteiger partial charge in [-0.25, -0.2) is 13.2 Å².